The Morgan fingerprint density at radius 3 is 2.37 bits per heavy atom. The SMILES string of the molecule is O=C(O)O[C@@H]1C[C@@H](OCC(F)(F)F)CN1OC(=O)O. The summed E-state index contributed by atoms with van der Waals surface area (Å²) >= 11 is 0. The largest absolute Gasteiger partial charge is 0.525 e. The highest BCUT2D eigenvalue weighted by molar-refractivity contribution is 5.57. The number of rotatable bonds is 4. The third-order valence-electron chi connectivity index (χ3n) is 2.08. The Labute approximate surface area is 104 Å². The van der Waals surface area contributed by atoms with Gasteiger partial charge in [-0.2, -0.15) is 13.2 Å². The van der Waals surface area contributed by atoms with Crippen LogP contribution in [0, 0.1) is 0 Å². The second-order valence-electron chi connectivity index (χ2n) is 3.58. The first-order valence-corrected chi connectivity index (χ1v) is 4.93. The molecule has 1 aliphatic rings. The fourth-order valence-corrected chi connectivity index (χ4v) is 1.49. The summed E-state index contributed by atoms with van der Waals surface area (Å²) in [7, 11) is 0. The van der Waals surface area contributed by atoms with Crippen LogP contribution in [0.5, 0.6) is 0 Å². The molecule has 0 saturated carbocycles. The van der Waals surface area contributed by atoms with Gasteiger partial charge in [0.1, 0.15) is 6.61 Å². The summed E-state index contributed by atoms with van der Waals surface area (Å²) in [6.45, 7) is -1.89. The van der Waals surface area contributed by atoms with Crippen LogP contribution in [-0.2, 0) is 14.3 Å². The zero-order chi connectivity index (χ0) is 14.6. The van der Waals surface area contributed by atoms with E-state index in [1.165, 1.54) is 0 Å². The fraction of sp³-hybridized carbons (Fsp3) is 0.750. The molecule has 0 aromatic carbocycles. The highest BCUT2D eigenvalue weighted by Gasteiger charge is 2.40. The molecule has 2 N–H and O–H groups in total. The summed E-state index contributed by atoms with van der Waals surface area (Å²) in [5, 5.41) is 17.4. The van der Waals surface area contributed by atoms with Crippen LogP contribution in [-0.4, -0.2) is 59.2 Å². The number of hydroxylamine groups is 2. The Balaban J connectivity index is 2.55. The molecule has 1 rings (SSSR count). The first kappa shape index (κ1) is 15.3. The smallest absolute Gasteiger partial charge is 0.450 e. The van der Waals surface area contributed by atoms with Gasteiger partial charge in [0.05, 0.1) is 12.6 Å². The predicted molar refractivity (Wildman–Crippen MR) is 49.1 cm³/mol. The molecule has 0 bridgehead atoms. The summed E-state index contributed by atoms with van der Waals surface area (Å²) in [5.41, 5.74) is 0. The molecule has 0 unspecified atom stereocenters. The van der Waals surface area contributed by atoms with E-state index in [-0.39, 0.29) is 13.0 Å². The van der Waals surface area contributed by atoms with E-state index in [0.717, 1.165) is 0 Å². The molecule has 11 heteroatoms. The number of alkyl halides is 3. The van der Waals surface area contributed by atoms with Gasteiger partial charge in [-0.15, -0.1) is 0 Å². The highest BCUT2D eigenvalue weighted by atomic mass is 19.4. The van der Waals surface area contributed by atoms with Crippen LogP contribution in [0.15, 0.2) is 0 Å². The van der Waals surface area contributed by atoms with E-state index < -0.39 is 37.4 Å². The lowest BCUT2D eigenvalue weighted by Crippen LogP contribution is -2.35. The van der Waals surface area contributed by atoms with E-state index in [2.05, 4.69) is 14.3 Å². The molecule has 2 atom stereocenters. The normalized spacial score (nSPS) is 24.2. The number of halogens is 3. The molecule has 0 aromatic heterocycles. The van der Waals surface area contributed by atoms with Crippen LogP contribution in [0.25, 0.3) is 0 Å². The molecule has 0 aliphatic carbocycles. The minimum absolute atomic E-state index is 0.268. The Morgan fingerprint density at radius 1 is 1.26 bits per heavy atom. The van der Waals surface area contributed by atoms with Gasteiger partial charge in [-0.25, -0.2) is 9.59 Å². The molecular formula is C8H10F3NO7. The summed E-state index contributed by atoms with van der Waals surface area (Å²) in [6.07, 6.45) is -10.6. The molecule has 19 heavy (non-hydrogen) atoms. The summed E-state index contributed by atoms with van der Waals surface area (Å²) in [4.78, 5) is 24.8. The van der Waals surface area contributed by atoms with Gasteiger partial charge >= 0.3 is 18.5 Å². The Kier molecular flexibility index (Phi) is 4.78. The maximum atomic E-state index is 11.9. The van der Waals surface area contributed by atoms with Crippen LogP contribution < -0.4 is 0 Å². The topological polar surface area (TPSA) is 106 Å². The fourth-order valence-electron chi connectivity index (χ4n) is 1.49. The molecule has 1 fully saturated rings. The predicted octanol–water partition coefficient (Wildman–Crippen LogP) is 1.27. The first-order valence-electron chi connectivity index (χ1n) is 4.93. The van der Waals surface area contributed by atoms with Crippen molar-refractivity contribution in [3.8, 4) is 0 Å². The molecule has 0 aromatic rings. The molecule has 1 heterocycles. The van der Waals surface area contributed by atoms with E-state index in [0.29, 0.717) is 5.06 Å². The van der Waals surface area contributed by atoms with Crippen LogP contribution in [0.2, 0.25) is 0 Å². The van der Waals surface area contributed by atoms with E-state index in [1.807, 2.05) is 0 Å². The number of hydrogen-bond acceptors (Lipinski definition) is 6. The number of hydrogen-bond donors (Lipinski definition) is 2. The third-order valence-corrected chi connectivity index (χ3v) is 2.08. The quantitative estimate of drug-likeness (QED) is 0.745. The number of carboxylic acid groups (broad SMARTS) is 2. The average Bonchev–Trinajstić information content (AvgIpc) is 2.55. The molecule has 0 spiro atoms. The van der Waals surface area contributed by atoms with Crippen molar-refractivity contribution >= 4 is 12.3 Å². The Morgan fingerprint density at radius 2 is 1.89 bits per heavy atom. The van der Waals surface area contributed by atoms with Crippen LogP contribution in [0.1, 0.15) is 6.42 Å². The van der Waals surface area contributed by atoms with Gasteiger partial charge in [0.2, 0.25) is 0 Å². The molecule has 1 saturated heterocycles. The lowest BCUT2D eigenvalue weighted by Gasteiger charge is -2.19. The van der Waals surface area contributed by atoms with Gasteiger partial charge in [0.25, 0.3) is 0 Å². The van der Waals surface area contributed by atoms with Gasteiger partial charge in [-0.1, -0.05) is 5.06 Å². The van der Waals surface area contributed by atoms with Crippen LogP contribution in [0.4, 0.5) is 22.8 Å². The van der Waals surface area contributed by atoms with Gasteiger partial charge in [0.15, 0.2) is 6.23 Å². The second kappa shape index (κ2) is 5.93. The minimum atomic E-state index is -4.54. The van der Waals surface area contributed by atoms with Gasteiger partial charge in [-0.3, -0.25) is 0 Å². The number of ether oxygens (including phenoxy) is 2. The first-order chi connectivity index (χ1) is 8.67. The van der Waals surface area contributed by atoms with Crippen molar-refractivity contribution in [2.24, 2.45) is 0 Å². The second-order valence-corrected chi connectivity index (χ2v) is 3.58. The monoisotopic (exact) mass is 289 g/mol. The van der Waals surface area contributed by atoms with Crippen molar-refractivity contribution in [1.29, 1.82) is 0 Å². The van der Waals surface area contributed by atoms with Crippen molar-refractivity contribution in [2.75, 3.05) is 13.2 Å². The minimum Gasteiger partial charge on any atom is -0.450 e. The summed E-state index contributed by atoms with van der Waals surface area (Å²) in [6, 6.07) is 0. The van der Waals surface area contributed by atoms with Gasteiger partial charge < -0.3 is 24.5 Å². The molecule has 0 amide bonds. The van der Waals surface area contributed by atoms with Crippen molar-refractivity contribution in [1.82, 2.24) is 5.06 Å². The lowest BCUT2D eigenvalue weighted by atomic mass is 10.3. The standard InChI is InChI=1S/C8H10F3NO7/c9-8(10,11)3-17-4-1-5(18-6(13)14)12(2-4)19-7(15)16/h4-5H,1-3H2,(H,13,14)(H,15,16)/t4-,5-/m1/s1. The zero-order valence-corrected chi connectivity index (χ0v) is 9.29. The van der Waals surface area contributed by atoms with Gasteiger partial charge in [-0.05, 0) is 0 Å². The van der Waals surface area contributed by atoms with Crippen LogP contribution in [0.3, 0.4) is 0 Å². The lowest BCUT2D eigenvalue weighted by molar-refractivity contribution is -0.196. The van der Waals surface area contributed by atoms with E-state index in [9.17, 15) is 22.8 Å². The van der Waals surface area contributed by atoms with E-state index in [4.69, 9.17) is 10.2 Å². The summed E-state index contributed by atoms with van der Waals surface area (Å²) < 4.78 is 44.6. The maximum absolute atomic E-state index is 11.9. The molecular weight excluding hydrogens is 279 g/mol. The molecule has 0 radical (unpaired) electrons. The average molecular weight is 289 g/mol. The third kappa shape index (κ3) is 5.61. The van der Waals surface area contributed by atoms with E-state index in [1.54, 1.807) is 0 Å². The molecule has 1 aliphatic heterocycles. The Bertz CT molecular complexity index is 324. The van der Waals surface area contributed by atoms with Crippen molar-refractivity contribution in [2.45, 2.75) is 24.9 Å². The maximum Gasteiger partial charge on any atom is 0.525 e. The van der Waals surface area contributed by atoms with Crippen molar-refractivity contribution < 1.29 is 47.3 Å². The zero-order valence-electron chi connectivity index (χ0n) is 9.29. The van der Waals surface area contributed by atoms with E-state index >= 15 is 0 Å². The van der Waals surface area contributed by atoms with Crippen LogP contribution >= 0.6 is 0 Å². The number of carbonyl (C=O) groups is 2. The van der Waals surface area contributed by atoms with Crippen molar-refractivity contribution in [3.63, 3.8) is 0 Å². The molecule has 110 valence electrons. The van der Waals surface area contributed by atoms with Crippen molar-refractivity contribution in [3.05, 3.63) is 0 Å². The Hall–Kier alpha value is -1.75. The summed E-state index contributed by atoms with van der Waals surface area (Å²) in [5.74, 6) is 0. The highest BCUT2D eigenvalue weighted by Crippen LogP contribution is 2.24. The molecule has 8 nitrogen and oxygen atoms in total. The van der Waals surface area contributed by atoms with Gasteiger partial charge in [0, 0.05) is 6.42 Å². The number of nitrogens with zero attached hydrogens (tertiary/aromatic N) is 1.